The number of carbonyl (C=O) groups is 1. The van der Waals surface area contributed by atoms with Gasteiger partial charge in [0.25, 0.3) is 0 Å². The van der Waals surface area contributed by atoms with Crippen LogP contribution in [0.2, 0.25) is 0 Å². The van der Waals surface area contributed by atoms with Gasteiger partial charge < -0.3 is 21.3 Å². The molecule has 1 aliphatic rings. The molecule has 16 heteroatoms. The molecule has 0 spiro atoms. The fraction of sp³-hybridized carbons (Fsp3) is 0.231. The van der Waals surface area contributed by atoms with Gasteiger partial charge in [0.15, 0.2) is 5.13 Å². The van der Waals surface area contributed by atoms with Gasteiger partial charge in [-0.2, -0.15) is 17.5 Å². The summed E-state index contributed by atoms with van der Waals surface area (Å²) in [6, 6.07) is 12.5. The quantitative estimate of drug-likeness (QED) is 0.242. The van der Waals surface area contributed by atoms with Gasteiger partial charge in [0.2, 0.25) is 16.0 Å². The number of alkyl halides is 3. The number of aliphatic hydroxyl groups excluding tert-OH is 1. The van der Waals surface area contributed by atoms with E-state index < -0.39 is 28.3 Å². The van der Waals surface area contributed by atoms with Crippen LogP contribution in [-0.2, 0) is 14.8 Å². The topological polar surface area (TPSA) is 172 Å². The molecule has 0 amide bonds. The maximum absolute atomic E-state index is 12.8. The normalized spacial score (nSPS) is 15.0. The van der Waals surface area contributed by atoms with Crippen LogP contribution in [0, 0.1) is 0 Å². The molecule has 2 aromatic heterocycles. The van der Waals surface area contributed by atoms with E-state index in [0.717, 1.165) is 21.3 Å². The standard InChI is InChI=1S/C24H24N6O3S2.C2HF3O2/c25-23-29-21-8-3-16(13-22(21)34-23)1-2-17-14-26-24(27-15-17)28-18-4-6-20(7-5-18)35(32,33)30-11-9-19(31)10-12-30;3-2(4,5)1(6)7/h1-8,13-15,19,31H,9-12H2,(H2,25,29)(H,26,27,28);(H,6,7). The average molecular weight is 623 g/mol. The maximum Gasteiger partial charge on any atom is 0.490 e. The van der Waals surface area contributed by atoms with Gasteiger partial charge in [0.05, 0.1) is 21.2 Å². The minimum absolute atomic E-state index is 0.222. The summed E-state index contributed by atoms with van der Waals surface area (Å²) < 4.78 is 59.8. The molecule has 5 rings (SSSR count). The van der Waals surface area contributed by atoms with Crippen molar-refractivity contribution in [2.75, 3.05) is 24.1 Å². The number of fused-ring (bicyclic) bond motifs is 1. The number of nitrogen functional groups attached to an aromatic ring is 1. The number of halogens is 3. The third-order valence-corrected chi connectivity index (χ3v) is 8.74. The monoisotopic (exact) mass is 622 g/mol. The molecule has 222 valence electrons. The number of carboxylic acids is 1. The SMILES string of the molecule is Nc1nc2ccc(C=Cc3cnc(Nc4ccc(S(=O)(=O)N5CCC(O)CC5)cc4)nc3)cc2s1.O=C(O)C(F)(F)F. The van der Waals surface area contributed by atoms with Crippen LogP contribution < -0.4 is 11.1 Å². The molecule has 42 heavy (non-hydrogen) atoms. The molecule has 1 fully saturated rings. The number of aliphatic carboxylic acids is 1. The lowest BCUT2D eigenvalue weighted by Crippen LogP contribution is -2.39. The molecular formula is C26H25F3N6O5S2. The summed E-state index contributed by atoms with van der Waals surface area (Å²) in [5, 5.41) is 20.4. The van der Waals surface area contributed by atoms with E-state index in [1.807, 2.05) is 30.4 Å². The minimum Gasteiger partial charge on any atom is -0.475 e. The number of piperidine rings is 1. The van der Waals surface area contributed by atoms with Crippen molar-refractivity contribution in [2.24, 2.45) is 0 Å². The van der Waals surface area contributed by atoms with Gasteiger partial charge in [0, 0.05) is 36.7 Å². The number of sulfonamides is 1. The largest absolute Gasteiger partial charge is 0.490 e. The molecule has 5 N–H and O–H groups in total. The van der Waals surface area contributed by atoms with Gasteiger partial charge in [-0.1, -0.05) is 29.6 Å². The number of aliphatic hydroxyl groups is 1. The van der Waals surface area contributed by atoms with Crippen LogP contribution in [0.4, 0.5) is 29.9 Å². The van der Waals surface area contributed by atoms with Crippen molar-refractivity contribution >= 4 is 66.5 Å². The lowest BCUT2D eigenvalue weighted by molar-refractivity contribution is -0.192. The predicted octanol–water partition coefficient (Wildman–Crippen LogP) is 4.36. The van der Waals surface area contributed by atoms with Crippen molar-refractivity contribution in [1.82, 2.24) is 19.3 Å². The van der Waals surface area contributed by atoms with Crippen LogP contribution in [0.25, 0.3) is 22.4 Å². The molecule has 0 radical (unpaired) electrons. The first-order valence-electron chi connectivity index (χ1n) is 12.3. The zero-order chi connectivity index (χ0) is 30.5. The molecule has 1 aliphatic heterocycles. The van der Waals surface area contributed by atoms with Crippen molar-refractivity contribution < 1.29 is 36.6 Å². The van der Waals surface area contributed by atoms with Gasteiger partial charge in [-0.15, -0.1) is 0 Å². The zero-order valence-electron chi connectivity index (χ0n) is 21.7. The summed E-state index contributed by atoms with van der Waals surface area (Å²) in [5.41, 5.74) is 9.20. The second-order valence-electron chi connectivity index (χ2n) is 9.04. The van der Waals surface area contributed by atoms with Gasteiger partial charge in [0.1, 0.15) is 0 Å². The Morgan fingerprint density at radius 3 is 2.24 bits per heavy atom. The predicted molar refractivity (Wildman–Crippen MR) is 152 cm³/mol. The summed E-state index contributed by atoms with van der Waals surface area (Å²) in [6.45, 7) is 0.652. The van der Waals surface area contributed by atoms with Crippen LogP contribution in [-0.4, -0.2) is 69.2 Å². The zero-order valence-corrected chi connectivity index (χ0v) is 23.3. The molecule has 0 atom stereocenters. The summed E-state index contributed by atoms with van der Waals surface area (Å²) in [4.78, 5) is 22.1. The van der Waals surface area contributed by atoms with E-state index in [1.165, 1.54) is 15.6 Å². The van der Waals surface area contributed by atoms with E-state index in [9.17, 15) is 26.7 Å². The molecule has 3 heterocycles. The summed E-state index contributed by atoms with van der Waals surface area (Å²) in [5.74, 6) is -2.35. The van der Waals surface area contributed by atoms with Crippen LogP contribution in [0.1, 0.15) is 24.0 Å². The van der Waals surface area contributed by atoms with E-state index in [0.29, 0.717) is 42.7 Å². The number of benzene rings is 2. The Bertz CT molecular complexity index is 1670. The second kappa shape index (κ2) is 12.8. The molecule has 1 saturated heterocycles. The Kier molecular flexibility index (Phi) is 9.40. The van der Waals surface area contributed by atoms with Gasteiger partial charge in [-0.3, -0.25) is 0 Å². The molecule has 0 unspecified atom stereocenters. The van der Waals surface area contributed by atoms with E-state index in [4.69, 9.17) is 15.6 Å². The van der Waals surface area contributed by atoms with E-state index in [2.05, 4.69) is 20.3 Å². The van der Waals surface area contributed by atoms with Crippen molar-refractivity contribution in [1.29, 1.82) is 0 Å². The molecule has 4 aromatic rings. The Hall–Kier alpha value is -4.12. The fourth-order valence-electron chi connectivity index (χ4n) is 3.81. The van der Waals surface area contributed by atoms with Gasteiger partial charge in [-0.05, 0) is 54.8 Å². The number of hydrogen-bond donors (Lipinski definition) is 4. The number of rotatable bonds is 6. The number of thiazole rings is 1. The highest BCUT2D eigenvalue weighted by atomic mass is 32.2. The van der Waals surface area contributed by atoms with Crippen molar-refractivity contribution in [3.8, 4) is 0 Å². The highest BCUT2D eigenvalue weighted by molar-refractivity contribution is 7.89. The third kappa shape index (κ3) is 8.00. The Balaban J connectivity index is 0.000000517. The van der Waals surface area contributed by atoms with Gasteiger partial charge >= 0.3 is 12.1 Å². The highest BCUT2D eigenvalue weighted by Crippen LogP contribution is 2.26. The first-order chi connectivity index (χ1) is 19.8. The molecule has 0 saturated carbocycles. The number of anilines is 3. The van der Waals surface area contributed by atoms with E-state index in [-0.39, 0.29) is 4.90 Å². The Morgan fingerprint density at radius 2 is 1.64 bits per heavy atom. The van der Waals surface area contributed by atoms with Crippen molar-refractivity contribution in [3.63, 3.8) is 0 Å². The highest BCUT2D eigenvalue weighted by Gasteiger charge is 2.38. The number of nitrogens with two attached hydrogens (primary N) is 1. The van der Waals surface area contributed by atoms with Crippen LogP contribution >= 0.6 is 11.3 Å². The first kappa shape index (κ1) is 30.8. The first-order valence-corrected chi connectivity index (χ1v) is 14.6. The van der Waals surface area contributed by atoms with Crippen LogP contribution in [0.15, 0.2) is 59.8 Å². The third-order valence-electron chi connectivity index (χ3n) is 5.98. The number of aromatic nitrogens is 3. The molecular weight excluding hydrogens is 597 g/mol. The summed E-state index contributed by atoms with van der Waals surface area (Å²) >= 11 is 1.46. The Morgan fingerprint density at radius 1 is 1.05 bits per heavy atom. The molecule has 0 aliphatic carbocycles. The Labute approximate surface area is 242 Å². The molecule has 11 nitrogen and oxygen atoms in total. The number of nitrogens with one attached hydrogen (secondary N) is 1. The molecule has 0 bridgehead atoms. The lowest BCUT2D eigenvalue weighted by Gasteiger charge is -2.28. The minimum atomic E-state index is -5.08. The molecule has 2 aromatic carbocycles. The van der Waals surface area contributed by atoms with E-state index >= 15 is 0 Å². The second-order valence-corrected chi connectivity index (χ2v) is 12.0. The maximum atomic E-state index is 12.8. The number of hydrogen-bond acceptors (Lipinski definition) is 10. The summed E-state index contributed by atoms with van der Waals surface area (Å²) in [7, 11) is -3.57. The number of carboxylic acid groups (broad SMARTS) is 1. The smallest absolute Gasteiger partial charge is 0.475 e. The van der Waals surface area contributed by atoms with E-state index in [1.54, 1.807) is 36.7 Å². The summed E-state index contributed by atoms with van der Waals surface area (Å²) in [6.07, 6.45) is 2.72. The number of nitrogens with zero attached hydrogens (tertiary/aromatic N) is 4. The average Bonchev–Trinajstić information content (AvgIpc) is 3.32. The van der Waals surface area contributed by atoms with Crippen molar-refractivity contribution in [2.45, 2.75) is 30.0 Å². The van der Waals surface area contributed by atoms with Crippen molar-refractivity contribution in [3.05, 3.63) is 66.0 Å². The fourth-order valence-corrected chi connectivity index (χ4v) is 6.07. The van der Waals surface area contributed by atoms with Crippen LogP contribution in [0.5, 0.6) is 0 Å². The van der Waals surface area contributed by atoms with Gasteiger partial charge in [-0.25, -0.2) is 28.2 Å². The van der Waals surface area contributed by atoms with Crippen LogP contribution in [0.3, 0.4) is 0 Å². The lowest BCUT2D eigenvalue weighted by atomic mass is 10.1.